The third kappa shape index (κ3) is 4.90. The fourth-order valence-corrected chi connectivity index (χ4v) is 3.97. The Labute approximate surface area is 189 Å². The Morgan fingerprint density at radius 1 is 1.19 bits per heavy atom. The highest BCUT2D eigenvalue weighted by Gasteiger charge is 2.27. The maximum Gasteiger partial charge on any atom is 0.257 e. The van der Waals surface area contributed by atoms with Crippen molar-refractivity contribution in [3.8, 4) is 5.75 Å². The zero-order chi connectivity index (χ0) is 21.1. The first-order valence-corrected chi connectivity index (χ1v) is 10.6. The predicted octanol–water partition coefficient (Wildman–Crippen LogP) is 5.52. The van der Waals surface area contributed by atoms with Crippen LogP contribution in [0.5, 0.6) is 5.75 Å². The molecule has 0 bridgehead atoms. The van der Waals surface area contributed by atoms with Crippen LogP contribution < -0.4 is 10.1 Å². The Balaban J connectivity index is 0.00000272. The molecule has 1 aromatic carbocycles. The molecule has 7 heteroatoms. The van der Waals surface area contributed by atoms with Gasteiger partial charge in [-0.15, -0.1) is 12.4 Å². The topological polar surface area (TPSA) is 67.3 Å². The van der Waals surface area contributed by atoms with E-state index in [1.54, 1.807) is 6.20 Å². The van der Waals surface area contributed by atoms with Gasteiger partial charge in [-0.1, -0.05) is 0 Å². The molecule has 0 spiro atoms. The fraction of sp³-hybridized carbons (Fsp3) is 0.375. The maximum atomic E-state index is 13.5. The minimum Gasteiger partial charge on any atom is -0.494 e. The first-order chi connectivity index (χ1) is 14.6. The minimum absolute atomic E-state index is 0. The molecule has 164 valence electrons. The van der Waals surface area contributed by atoms with E-state index in [0.717, 1.165) is 47.6 Å². The van der Waals surface area contributed by atoms with Gasteiger partial charge in [0, 0.05) is 35.6 Å². The lowest BCUT2D eigenvalue weighted by Crippen LogP contribution is -2.42. The van der Waals surface area contributed by atoms with Gasteiger partial charge in [0.25, 0.3) is 5.91 Å². The number of aryl methyl sites for hydroxylation is 1. The lowest BCUT2D eigenvalue weighted by Gasteiger charge is -2.34. The van der Waals surface area contributed by atoms with Gasteiger partial charge in [0.05, 0.1) is 17.9 Å². The summed E-state index contributed by atoms with van der Waals surface area (Å²) in [6, 6.07) is 11.9. The van der Waals surface area contributed by atoms with Crippen molar-refractivity contribution in [1.82, 2.24) is 14.9 Å². The summed E-state index contributed by atoms with van der Waals surface area (Å²) >= 11 is 0. The number of carbonyl (C=O) groups excluding carboxylic acids is 1. The van der Waals surface area contributed by atoms with Crippen LogP contribution in [0.3, 0.4) is 0 Å². The summed E-state index contributed by atoms with van der Waals surface area (Å²) in [4.78, 5) is 24.5. The number of nitrogens with zero attached hydrogens (tertiary/aromatic N) is 3. The number of benzene rings is 1. The van der Waals surface area contributed by atoms with E-state index in [2.05, 4.69) is 22.2 Å². The Morgan fingerprint density at radius 2 is 1.97 bits per heavy atom. The van der Waals surface area contributed by atoms with Crippen LogP contribution in [0.25, 0.3) is 11.0 Å². The van der Waals surface area contributed by atoms with Crippen LogP contribution >= 0.6 is 12.4 Å². The Morgan fingerprint density at radius 3 is 2.68 bits per heavy atom. The summed E-state index contributed by atoms with van der Waals surface area (Å²) in [5.41, 5.74) is 3.74. The van der Waals surface area contributed by atoms with E-state index in [4.69, 9.17) is 4.74 Å². The molecular weight excluding hydrogens is 412 g/mol. The van der Waals surface area contributed by atoms with E-state index in [1.165, 1.54) is 6.42 Å². The summed E-state index contributed by atoms with van der Waals surface area (Å²) < 4.78 is 5.54. The van der Waals surface area contributed by atoms with Crippen molar-refractivity contribution in [2.45, 2.75) is 46.1 Å². The molecule has 1 N–H and O–H groups in total. The average Bonchev–Trinajstić information content (AvgIpc) is 2.75. The molecule has 1 aliphatic heterocycles. The highest BCUT2D eigenvalue weighted by atomic mass is 35.5. The van der Waals surface area contributed by atoms with Crippen molar-refractivity contribution >= 4 is 40.7 Å². The number of hydrogen-bond acceptors (Lipinski definition) is 5. The van der Waals surface area contributed by atoms with Crippen LogP contribution in [0, 0.1) is 6.92 Å². The third-order valence-corrected chi connectivity index (χ3v) is 5.60. The normalized spacial score (nSPS) is 16.0. The van der Waals surface area contributed by atoms with Gasteiger partial charge in [0.2, 0.25) is 0 Å². The zero-order valence-corrected chi connectivity index (χ0v) is 19.0. The molecule has 1 atom stereocenters. The van der Waals surface area contributed by atoms with Gasteiger partial charge < -0.3 is 15.0 Å². The lowest BCUT2D eigenvalue weighted by atomic mass is 10.0. The largest absolute Gasteiger partial charge is 0.494 e. The monoisotopic (exact) mass is 440 g/mol. The summed E-state index contributed by atoms with van der Waals surface area (Å²) in [7, 11) is 0. The van der Waals surface area contributed by atoms with E-state index in [1.807, 2.05) is 55.1 Å². The second kappa shape index (κ2) is 9.96. The van der Waals surface area contributed by atoms with E-state index in [0.29, 0.717) is 17.8 Å². The molecule has 1 unspecified atom stereocenters. The summed E-state index contributed by atoms with van der Waals surface area (Å²) in [5.74, 6) is 0.837. The molecule has 0 saturated carbocycles. The molecule has 1 amide bonds. The number of likely N-dealkylation sites (tertiary alicyclic amines) is 1. The number of anilines is 2. The minimum atomic E-state index is 0. The van der Waals surface area contributed by atoms with Crippen LogP contribution in [0.1, 0.15) is 49.2 Å². The molecule has 31 heavy (non-hydrogen) atoms. The van der Waals surface area contributed by atoms with Crippen molar-refractivity contribution in [3.05, 3.63) is 53.9 Å². The van der Waals surface area contributed by atoms with Crippen LogP contribution in [0.4, 0.5) is 11.4 Å². The first kappa shape index (κ1) is 22.8. The smallest absolute Gasteiger partial charge is 0.257 e. The van der Waals surface area contributed by atoms with Crippen molar-refractivity contribution in [2.75, 3.05) is 18.5 Å². The number of amides is 1. The van der Waals surface area contributed by atoms with Crippen molar-refractivity contribution in [1.29, 1.82) is 0 Å². The highest BCUT2D eigenvalue weighted by molar-refractivity contribution is 6.07. The second-order valence-corrected chi connectivity index (χ2v) is 7.80. The molecule has 1 aliphatic rings. The molecule has 0 aliphatic carbocycles. The number of halogens is 1. The highest BCUT2D eigenvalue weighted by Crippen LogP contribution is 2.31. The number of nitrogens with one attached hydrogen (secondary N) is 1. The van der Waals surface area contributed by atoms with Crippen molar-refractivity contribution < 1.29 is 9.53 Å². The lowest BCUT2D eigenvalue weighted by molar-refractivity contribution is 0.0636. The predicted molar refractivity (Wildman–Crippen MR) is 127 cm³/mol. The third-order valence-electron chi connectivity index (χ3n) is 5.60. The molecular formula is C24H29ClN4O2. The van der Waals surface area contributed by atoms with Crippen molar-refractivity contribution in [2.24, 2.45) is 0 Å². The molecule has 4 rings (SSSR count). The quantitative estimate of drug-likeness (QED) is 0.566. The Kier molecular flexibility index (Phi) is 7.33. The molecule has 6 nitrogen and oxygen atoms in total. The molecule has 3 aromatic rings. The summed E-state index contributed by atoms with van der Waals surface area (Å²) in [6.45, 7) is 7.43. The SMILES string of the molecule is CCOc1ccc(Nc2c(C(=O)N3CCCCC3C)cnc3nc(C)ccc23)cc1.Cl. The van der Waals surface area contributed by atoms with Crippen LogP contribution in [0.15, 0.2) is 42.6 Å². The van der Waals surface area contributed by atoms with E-state index >= 15 is 0 Å². The summed E-state index contributed by atoms with van der Waals surface area (Å²) in [5, 5.41) is 4.29. The maximum absolute atomic E-state index is 13.5. The number of ether oxygens (including phenoxy) is 1. The number of hydrogen-bond donors (Lipinski definition) is 1. The average molecular weight is 441 g/mol. The Bertz CT molecular complexity index is 1060. The number of piperidine rings is 1. The number of rotatable bonds is 5. The Hall–Kier alpha value is -2.86. The van der Waals surface area contributed by atoms with E-state index < -0.39 is 0 Å². The van der Waals surface area contributed by atoms with Gasteiger partial charge >= 0.3 is 0 Å². The molecule has 1 fully saturated rings. The van der Waals surface area contributed by atoms with Crippen LogP contribution in [-0.4, -0.2) is 40.0 Å². The van der Waals surface area contributed by atoms with Gasteiger partial charge in [-0.25, -0.2) is 9.97 Å². The number of carbonyl (C=O) groups is 1. The van der Waals surface area contributed by atoms with Crippen molar-refractivity contribution in [3.63, 3.8) is 0 Å². The molecule has 1 saturated heterocycles. The first-order valence-electron chi connectivity index (χ1n) is 10.6. The summed E-state index contributed by atoms with van der Waals surface area (Å²) in [6.07, 6.45) is 4.91. The standard InChI is InChI=1S/C24H28N4O2.ClH/c1-4-30-19-11-9-18(10-12-19)27-22-20-13-8-16(2)26-23(20)25-15-21(22)24(29)28-14-6-5-7-17(28)3;/h8-13,15,17H,4-7,14H2,1-3H3,(H,25,26,27);1H. The van der Waals surface area contributed by atoms with Crippen LogP contribution in [0.2, 0.25) is 0 Å². The fourth-order valence-electron chi connectivity index (χ4n) is 3.97. The van der Waals surface area contributed by atoms with Gasteiger partial charge in [-0.05, 0) is 76.4 Å². The van der Waals surface area contributed by atoms with E-state index in [-0.39, 0.29) is 24.4 Å². The molecule has 3 heterocycles. The number of aromatic nitrogens is 2. The van der Waals surface area contributed by atoms with Gasteiger partial charge in [-0.2, -0.15) is 0 Å². The van der Waals surface area contributed by atoms with E-state index in [9.17, 15) is 4.79 Å². The van der Waals surface area contributed by atoms with Crippen LogP contribution in [-0.2, 0) is 0 Å². The van der Waals surface area contributed by atoms with Gasteiger partial charge in [0.1, 0.15) is 5.75 Å². The second-order valence-electron chi connectivity index (χ2n) is 7.80. The zero-order valence-electron chi connectivity index (χ0n) is 18.2. The van der Waals surface area contributed by atoms with Gasteiger partial charge in [0.15, 0.2) is 5.65 Å². The number of fused-ring (bicyclic) bond motifs is 1. The number of pyridine rings is 2. The molecule has 0 radical (unpaired) electrons. The molecule has 2 aromatic heterocycles. The van der Waals surface area contributed by atoms with Gasteiger partial charge in [-0.3, -0.25) is 4.79 Å².